The van der Waals surface area contributed by atoms with Crippen LogP contribution in [-0.2, 0) is 6.42 Å². The van der Waals surface area contributed by atoms with E-state index in [1.165, 1.54) is 55.0 Å². The van der Waals surface area contributed by atoms with Crippen molar-refractivity contribution in [2.45, 2.75) is 56.7 Å². The third-order valence-corrected chi connectivity index (χ3v) is 6.73. The van der Waals surface area contributed by atoms with E-state index in [1.807, 2.05) is 11.3 Å². The Balaban J connectivity index is 1.81. The first-order valence-electron chi connectivity index (χ1n) is 7.23. The van der Waals surface area contributed by atoms with Crippen LogP contribution in [0.2, 0.25) is 0 Å². The second kappa shape index (κ2) is 5.93. The summed E-state index contributed by atoms with van der Waals surface area (Å²) in [6.45, 7) is 3.27. The molecule has 2 aliphatic rings. The lowest BCUT2D eigenvalue weighted by Gasteiger charge is -2.21. The van der Waals surface area contributed by atoms with Gasteiger partial charge in [0.05, 0.1) is 10.9 Å². The molecule has 0 aromatic carbocycles. The predicted octanol–water partition coefficient (Wildman–Crippen LogP) is 4.09. The molecule has 0 bridgehead atoms. The summed E-state index contributed by atoms with van der Waals surface area (Å²) < 4.78 is 0. The molecule has 18 heavy (non-hydrogen) atoms. The summed E-state index contributed by atoms with van der Waals surface area (Å²) in [5.74, 6) is 1.32. The van der Waals surface area contributed by atoms with Crippen LogP contribution in [0.25, 0.3) is 0 Å². The van der Waals surface area contributed by atoms with Gasteiger partial charge in [-0.2, -0.15) is 11.8 Å². The largest absolute Gasteiger partial charge is 0.309 e. The summed E-state index contributed by atoms with van der Waals surface area (Å²) in [6, 6.07) is 0.582. The minimum atomic E-state index is 0.582. The molecule has 0 amide bonds. The minimum Gasteiger partial charge on any atom is -0.309 e. The fourth-order valence-electron chi connectivity index (χ4n) is 2.95. The SMILES string of the molecule is CCNC1CCCc2nc(C3CCCCS3)sc21. The Bertz CT molecular complexity index is 396. The van der Waals surface area contributed by atoms with Crippen molar-refractivity contribution in [2.24, 2.45) is 0 Å². The van der Waals surface area contributed by atoms with Gasteiger partial charge in [-0.1, -0.05) is 13.3 Å². The number of aromatic nitrogens is 1. The molecule has 1 saturated heterocycles. The fraction of sp³-hybridized carbons (Fsp3) is 0.786. The molecule has 0 saturated carbocycles. The van der Waals surface area contributed by atoms with Crippen molar-refractivity contribution in [2.75, 3.05) is 12.3 Å². The normalized spacial score (nSPS) is 28.1. The Hall–Kier alpha value is -0.0600. The highest BCUT2D eigenvalue weighted by Gasteiger charge is 2.27. The average Bonchev–Trinajstić information content (AvgIpc) is 2.85. The first-order valence-corrected chi connectivity index (χ1v) is 9.09. The van der Waals surface area contributed by atoms with E-state index in [0.29, 0.717) is 11.3 Å². The number of fused-ring (bicyclic) bond motifs is 1. The second-order valence-corrected chi connectivity index (χ2v) is 7.59. The van der Waals surface area contributed by atoms with Gasteiger partial charge in [-0.05, 0) is 44.4 Å². The van der Waals surface area contributed by atoms with Gasteiger partial charge in [-0.15, -0.1) is 11.3 Å². The van der Waals surface area contributed by atoms with Gasteiger partial charge in [0.1, 0.15) is 5.01 Å². The molecule has 1 aliphatic heterocycles. The lowest BCUT2D eigenvalue weighted by molar-refractivity contribution is 0.476. The van der Waals surface area contributed by atoms with Crippen molar-refractivity contribution in [3.63, 3.8) is 0 Å². The first-order chi connectivity index (χ1) is 8.88. The minimum absolute atomic E-state index is 0.582. The summed E-state index contributed by atoms with van der Waals surface area (Å²) in [4.78, 5) is 6.51. The van der Waals surface area contributed by atoms with Gasteiger partial charge in [-0.25, -0.2) is 4.98 Å². The number of thiazole rings is 1. The van der Waals surface area contributed by atoms with Gasteiger partial charge >= 0.3 is 0 Å². The van der Waals surface area contributed by atoms with Crippen LogP contribution in [0.3, 0.4) is 0 Å². The maximum Gasteiger partial charge on any atom is 0.106 e. The molecule has 4 heteroatoms. The van der Waals surface area contributed by atoms with Crippen molar-refractivity contribution in [3.8, 4) is 0 Å². The number of aryl methyl sites for hydroxylation is 1. The van der Waals surface area contributed by atoms with E-state index >= 15 is 0 Å². The summed E-state index contributed by atoms with van der Waals surface area (Å²) in [6.07, 6.45) is 7.91. The summed E-state index contributed by atoms with van der Waals surface area (Å²) in [5.41, 5.74) is 1.40. The Kier molecular flexibility index (Phi) is 4.27. The molecule has 100 valence electrons. The number of rotatable bonds is 3. The molecule has 1 aliphatic carbocycles. The molecule has 2 atom stereocenters. The molecule has 1 aromatic heterocycles. The summed E-state index contributed by atoms with van der Waals surface area (Å²) in [7, 11) is 0. The maximum absolute atomic E-state index is 4.96. The highest BCUT2D eigenvalue weighted by Crippen LogP contribution is 2.43. The van der Waals surface area contributed by atoms with Crippen molar-refractivity contribution in [1.82, 2.24) is 10.3 Å². The zero-order valence-corrected chi connectivity index (χ0v) is 12.7. The zero-order chi connectivity index (χ0) is 12.4. The second-order valence-electron chi connectivity index (χ2n) is 5.22. The monoisotopic (exact) mass is 282 g/mol. The lowest BCUT2D eigenvalue weighted by Crippen LogP contribution is -2.23. The standard InChI is InChI=1S/C14H22N2S2/c1-2-15-10-6-5-7-11-13(10)18-14(16-11)12-8-3-4-9-17-12/h10,12,15H,2-9H2,1H3. The van der Waals surface area contributed by atoms with Crippen LogP contribution < -0.4 is 5.32 Å². The summed E-state index contributed by atoms with van der Waals surface area (Å²) >= 11 is 4.12. The van der Waals surface area contributed by atoms with Crippen LogP contribution in [0.1, 0.15) is 65.9 Å². The van der Waals surface area contributed by atoms with Crippen LogP contribution in [-0.4, -0.2) is 17.3 Å². The van der Waals surface area contributed by atoms with Gasteiger partial charge in [0, 0.05) is 10.9 Å². The molecule has 0 spiro atoms. The number of hydrogen-bond acceptors (Lipinski definition) is 4. The molecule has 2 nitrogen and oxygen atoms in total. The van der Waals surface area contributed by atoms with Crippen LogP contribution in [0.15, 0.2) is 0 Å². The number of thioether (sulfide) groups is 1. The number of hydrogen-bond donors (Lipinski definition) is 1. The van der Waals surface area contributed by atoms with E-state index in [0.717, 1.165) is 6.54 Å². The molecule has 2 unspecified atom stereocenters. The van der Waals surface area contributed by atoms with E-state index in [9.17, 15) is 0 Å². The van der Waals surface area contributed by atoms with E-state index < -0.39 is 0 Å². The molecule has 3 rings (SSSR count). The van der Waals surface area contributed by atoms with E-state index in [2.05, 4.69) is 24.0 Å². The molecule has 1 aromatic rings. The molecule has 1 N–H and O–H groups in total. The van der Waals surface area contributed by atoms with Gasteiger partial charge in [0.25, 0.3) is 0 Å². The lowest BCUT2D eigenvalue weighted by atomic mass is 9.98. The molecule has 2 heterocycles. The number of nitrogens with zero attached hydrogens (tertiary/aromatic N) is 1. The first kappa shape index (κ1) is 12.9. The van der Waals surface area contributed by atoms with Crippen LogP contribution >= 0.6 is 23.1 Å². The van der Waals surface area contributed by atoms with Crippen molar-refractivity contribution < 1.29 is 0 Å². The Morgan fingerprint density at radius 2 is 2.22 bits per heavy atom. The highest BCUT2D eigenvalue weighted by molar-refractivity contribution is 7.99. The van der Waals surface area contributed by atoms with E-state index in [1.54, 1.807) is 4.88 Å². The smallest absolute Gasteiger partial charge is 0.106 e. The Morgan fingerprint density at radius 3 is 3.00 bits per heavy atom. The third kappa shape index (κ3) is 2.61. The molecular weight excluding hydrogens is 260 g/mol. The Labute approximate surface area is 118 Å². The summed E-state index contributed by atoms with van der Waals surface area (Å²) in [5, 5.41) is 5.72. The van der Waals surface area contributed by atoms with Gasteiger partial charge < -0.3 is 5.32 Å². The van der Waals surface area contributed by atoms with Crippen molar-refractivity contribution in [3.05, 3.63) is 15.6 Å². The fourth-order valence-corrected chi connectivity index (χ4v) is 5.72. The van der Waals surface area contributed by atoms with Gasteiger partial charge in [0.2, 0.25) is 0 Å². The zero-order valence-electron chi connectivity index (χ0n) is 11.1. The Morgan fingerprint density at radius 1 is 1.28 bits per heavy atom. The van der Waals surface area contributed by atoms with Crippen molar-refractivity contribution >= 4 is 23.1 Å². The maximum atomic E-state index is 4.96. The highest BCUT2D eigenvalue weighted by atomic mass is 32.2. The predicted molar refractivity (Wildman–Crippen MR) is 80.5 cm³/mol. The molecule has 0 radical (unpaired) electrons. The molecular formula is C14H22N2S2. The molecule has 1 fully saturated rings. The van der Waals surface area contributed by atoms with Crippen molar-refractivity contribution in [1.29, 1.82) is 0 Å². The average molecular weight is 282 g/mol. The van der Waals surface area contributed by atoms with Gasteiger partial charge in [0.15, 0.2) is 0 Å². The third-order valence-electron chi connectivity index (χ3n) is 3.87. The van der Waals surface area contributed by atoms with Crippen LogP contribution in [0, 0.1) is 0 Å². The van der Waals surface area contributed by atoms with Crippen LogP contribution in [0.5, 0.6) is 0 Å². The van der Waals surface area contributed by atoms with E-state index in [-0.39, 0.29) is 0 Å². The van der Waals surface area contributed by atoms with Crippen LogP contribution in [0.4, 0.5) is 0 Å². The topological polar surface area (TPSA) is 24.9 Å². The van der Waals surface area contributed by atoms with E-state index in [4.69, 9.17) is 4.98 Å². The van der Waals surface area contributed by atoms with Gasteiger partial charge in [-0.3, -0.25) is 0 Å². The quantitative estimate of drug-likeness (QED) is 0.904. The number of nitrogens with one attached hydrogen (secondary N) is 1.